The summed E-state index contributed by atoms with van der Waals surface area (Å²) in [6, 6.07) is 0. The molecule has 160 valence electrons. The molecular formula is C27H46O. The van der Waals surface area contributed by atoms with Crippen LogP contribution in [0.4, 0.5) is 0 Å². The molecule has 2 fully saturated rings. The van der Waals surface area contributed by atoms with E-state index in [0.717, 1.165) is 24.2 Å². The predicted octanol–water partition coefficient (Wildman–Crippen LogP) is 7.53. The van der Waals surface area contributed by atoms with E-state index >= 15 is 0 Å². The van der Waals surface area contributed by atoms with E-state index in [2.05, 4.69) is 34.6 Å². The van der Waals surface area contributed by atoms with Gasteiger partial charge < -0.3 is 5.11 Å². The van der Waals surface area contributed by atoms with E-state index in [-0.39, 0.29) is 6.10 Å². The van der Waals surface area contributed by atoms with E-state index in [1.165, 1.54) is 70.6 Å². The van der Waals surface area contributed by atoms with Crippen molar-refractivity contribution in [1.82, 2.24) is 0 Å². The summed E-state index contributed by atoms with van der Waals surface area (Å²) >= 11 is 0. The van der Waals surface area contributed by atoms with Crippen LogP contribution in [0.1, 0.15) is 112 Å². The molecule has 4 rings (SSSR count). The van der Waals surface area contributed by atoms with E-state index in [4.69, 9.17) is 0 Å². The van der Waals surface area contributed by atoms with Crippen molar-refractivity contribution >= 4 is 0 Å². The zero-order chi connectivity index (χ0) is 20.1. The van der Waals surface area contributed by atoms with Crippen molar-refractivity contribution in [3.63, 3.8) is 0 Å². The van der Waals surface area contributed by atoms with Crippen molar-refractivity contribution in [2.75, 3.05) is 0 Å². The molecule has 0 aliphatic heterocycles. The molecule has 0 spiro atoms. The molecule has 0 saturated heterocycles. The molecule has 28 heavy (non-hydrogen) atoms. The molecule has 7 atom stereocenters. The minimum absolute atomic E-state index is 0.0865. The molecule has 1 unspecified atom stereocenters. The van der Waals surface area contributed by atoms with Crippen LogP contribution in [0.25, 0.3) is 0 Å². The Hall–Kier alpha value is -0.300. The highest BCUT2D eigenvalue weighted by atomic mass is 16.3. The maximum atomic E-state index is 11.3. The SMILES string of the molecule is CC(C)CCC[C@@H](C)[C@H]1C[C@@H](O)[C@H]2C3=C(CC[C@]12C)[C@@]1(C)CCCCC1CC3. The topological polar surface area (TPSA) is 20.2 Å². The fraction of sp³-hybridized carbons (Fsp3) is 0.926. The minimum atomic E-state index is -0.0865. The fourth-order valence-corrected chi connectivity index (χ4v) is 8.54. The van der Waals surface area contributed by atoms with Crippen LogP contribution in [0.15, 0.2) is 11.1 Å². The molecule has 4 aliphatic carbocycles. The molecule has 1 N–H and O–H groups in total. The van der Waals surface area contributed by atoms with E-state index in [1.807, 2.05) is 5.57 Å². The molecule has 1 nitrogen and oxygen atoms in total. The van der Waals surface area contributed by atoms with Gasteiger partial charge in [0.1, 0.15) is 0 Å². The Kier molecular flexibility index (Phi) is 5.80. The van der Waals surface area contributed by atoms with Crippen LogP contribution < -0.4 is 0 Å². The summed E-state index contributed by atoms with van der Waals surface area (Å²) in [5.74, 6) is 3.68. The second-order valence-electron chi connectivity index (χ2n) is 12.1. The van der Waals surface area contributed by atoms with Gasteiger partial charge in [-0.05, 0) is 79.4 Å². The van der Waals surface area contributed by atoms with Crippen LogP contribution >= 0.6 is 0 Å². The zero-order valence-corrected chi connectivity index (χ0v) is 19.4. The van der Waals surface area contributed by atoms with Crippen molar-refractivity contribution in [3.05, 3.63) is 11.1 Å². The molecule has 4 aliphatic rings. The first-order valence-electron chi connectivity index (χ1n) is 12.7. The van der Waals surface area contributed by atoms with Crippen LogP contribution in [-0.2, 0) is 0 Å². The summed E-state index contributed by atoms with van der Waals surface area (Å²) in [6.45, 7) is 12.4. The molecule has 1 heteroatoms. The highest BCUT2D eigenvalue weighted by Gasteiger charge is 2.58. The Bertz CT molecular complexity index is 603. The van der Waals surface area contributed by atoms with Gasteiger partial charge in [-0.1, -0.05) is 77.9 Å². The average molecular weight is 387 g/mol. The lowest BCUT2D eigenvalue weighted by molar-refractivity contribution is 0.0439. The largest absolute Gasteiger partial charge is 0.392 e. The number of hydrogen-bond donors (Lipinski definition) is 1. The quantitative estimate of drug-likeness (QED) is 0.484. The van der Waals surface area contributed by atoms with Crippen LogP contribution in [0.5, 0.6) is 0 Å². The van der Waals surface area contributed by atoms with Crippen molar-refractivity contribution in [2.24, 2.45) is 40.4 Å². The van der Waals surface area contributed by atoms with Crippen molar-refractivity contribution in [3.8, 4) is 0 Å². The standard InChI is InChI=1S/C27H46O/c1-18(2)9-8-10-19(3)23-17-24(28)25-21-13-12-20-11-6-7-15-26(20,4)22(21)14-16-27(23,25)5/h18-20,23-25,28H,6-17H2,1-5H3/t19-,20?,23-,24-,25-,26+,27-/m1/s1. The molecule has 0 bridgehead atoms. The van der Waals surface area contributed by atoms with Crippen molar-refractivity contribution in [1.29, 1.82) is 0 Å². The van der Waals surface area contributed by atoms with Gasteiger partial charge in [0.25, 0.3) is 0 Å². The third-order valence-corrected chi connectivity index (χ3v) is 10.1. The lowest BCUT2D eigenvalue weighted by atomic mass is 9.50. The zero-order valence-electron chi connectivity index (χ0n) is 19.4. The second-order valence-corrected chi connectivity index (χ2v) is 12.1. The lowest BCUT2D eigenvalue weighted by Gasteiger charge is -2.54. The first kappa shape index (κ1) is 21.0. The number of rotatable bonds is 5. The van der Waals surface area contributed by atoms with Crippen LogP contribution in [0, 0.1) is 40.4 Å². The molecule has 0 radical (unpaired) electrons. The summed E-state index contributed by atoms with van der Waals surface area (Å²) in [4.78, 5) is 0. The Morgan fingerprint density at radius 2 is 1.79 bits per heavy atom. The average Bonchev–Trinajstić information content (AvgIpc) is 2.92. The van der Waals surface area contributed by atoms with Crippen molar-refractivity contribution in [2.45, 2.75) is 118 Å². The van der Waals surface area contributed by atoms with Crippen LogP contribution in [-0.4, -0.2) is 11.2 Å². The number of fused-ring (bicyclic) bond motifs is 4. The van der Waals surface area contributed by atoms with E-state index in [9.17, 15) is 5.11 Å². The first-order chi connectivity index (χ1) is 13.3. The van der Waals surface area contributed by atoms with Gasteiger partial charge in [-0.3, -0.25) is 0 Å². The van der Waals surface area contributed by atoms with Gasteiger partial charge in [-0.2, -0.15) is 0 Å². The van der Waals surface area contributed by atoms with Gasteiger partial charge in [0, 0.05) is 5.92 Å². The Balaban J connectivity index is 1.57. The predicted molar refractivity (Wildman–Crippen MR) is 119 cm³/mol. The van der Waals surface area contributed by atoms with Gasteiger partial charge in [-0.25, -0.2) is 0 Å². The summed E-state index contributed by atoms with van der Waals surface area (Å²) in [7, 11) is 0. The van der Waals surface area contributed by atoms with Gasteiger partial charge >= 0.3 is 0 Å². The van der Waals surface area contributed by atoms with Crippen LogP contribution in [0.3, 0.4) is 0 Å². The monoisotopic (exact) mass is 386 g/mol. The van der Waals surface area contributed by atoms with E-state index in [1.54, 1.807) is 5.57 Å². The Morgan fingerprint density at radius 1 is 1.00 bits per heavy atom. The summed E-state index contributed by atoms with van der Waals surface area (Å²) < 4.78 is 0. The molecule has 0 heterocycles. The Morgan fingerprint density at radius 3 is 2.54 bits per heavy atom. The number of aliphatic hydroxyl groups excluding tert-OH is 1. The van der Waals surface area contributed by atoms with Gasteiger partial charge in [0.2, 0.25) is 0 Å². The highest BCUT2D eigenvalue weighted by molar-refractivity contribution is 5.35. The molecule has 0 aromatic carbocycles. The molecule has 2 saturated carbocycles. The maximum absolute atomic E-state index is 11.3. The first-order valence-corrected chi connectivity index (χ1v) is 12.7. The van der Waals surface area contributed by atoms with E-state index in [0.29, 0.717) is 22.7 Å². The molecule has 0 aromatic heterocycles. The third-order valence-electron chi connectivity index (χ3n) is 10.1. The summed E-state index contributed by atoms with van der Waals surface area (Å²) in [6.07, 6.45) is 16.1. The number of hydrogen-bond acceptors (Lipinski definition) is 1. The smallest absolute Gasteiger partial charge is 0.0613 e. The Labute approximate surface area is 174 Å². The van der Waals surface area contributed by atoms with Gasteiger partial charge in [0.05, 0.1) is 6.10 Å². The van der Waals surface area contributed by atoms with Gasteiger partial charge in [0.15, 0.2) is 0 Å². The van der Waals surface area contributed by atoms with Crippen molar-refractivity contribution < 1.29 is 5.11 Å². The summed E-state index contributed by atoms with van der Waals surface area (Å²) in [5.41, 5.74) is 4.39. The minimum Gasteiger partial charge on any atom is -0.392 e. The highest BCUT2D eigenvalue weighted by Crippen LogP contribution is 2.66. The molecular weight excluding hydrogens is 340 g/mol. The fourth-order valence-electron chi connectivity index (χ4n) is 8.54. The number of aliphatic hydroxyl groups is 1. The second kappa shape index (κ2) is 7.75. The normalized spacial score (nSPS) is 44.2. The molecule has 0 aromatic rings. The number of allylic oxidation sites excluding steroid dienone is 1. The lowest BCUT2D eigenvalue weighted by Crippen LogP contribution is -2.45. The van der Waals surface area contributed by atoms with Gasteiger partial charge in [-0.15, -0.1) is 0 Å². The maximum Gasteiger partial charge on any atom is 0.0613 e. The molecule has 0 amide bonds. The third kappa shape index (κ3) is 3.32. The summed E-state index contributed by atoms with van der Waals surface area (Å²) in [5, 5.41) is 11.3. The van der Waals surface area contributed by atoms with E-state index < -0.39 is 0 Å². The van der Waals surface area contributed by atoms with Crippen LogP contribution in [0.2, 0.25) is 0 Å².